The highest BCUT2D eigenvalue weighted by molar-refractivity contribution is 6.05. The van der Waals surface area contributed by atoms with Gasteiger partial charge in [-0.1, -0.05) is 31.5 Å². The molecule has 0 unspecified atom stereocenters. The van der Waals surface area contributed by atoms with Crippen molar-refractivity contribution in [1.82, 2.24) is 5.32 Å². The van der Waals surface area contributed by atoms with Crippen molar-refractivity contribution in [3.8, 4) is 0 Å². The fourth-order valence-corrected chi connectivity index (χ4v) is 1.98. The Hall–Kier alpha value is -2.62. The Morgan fingerprint density at radius 1 is 0.864 bits per heavy atom. The Morgan fingerprint density at radius 2 is 1.45 bits per heavy atom. The van der Waals surface area contributed by atoms with Crippen LogP contribution in [0.5, 0.6) is 0 Å². The van der Waals surface area contributed by atoms with Crippen molar-refractivity contribution < 1.29 is 9.59 Å². The van der Waals surface area contributed by atoms with E-state index in [9.17, 15) is 9.59 Å². The summed E-state index contributed by atoms with van der Waals surface area (Å²) in [6.07, 6.45) is 2.00. The SMILES string of the molecule is CCCCNC(=O)c1ccc(C(=O)Nc2ccccc2)cc1. The molecule has 2 aromatic rings. The number of carbonyl (C=O) groups excluding carboxylic acids is 2. The second kappa shape index (κ2) is 7.98. The molecule has 22 heavy (non-hydrogen) atoms. The van der Waals surface area contributed by atoms with Crippen LogP contribution in [0.3, 0.4) is 0 Å². The van der Waals surface area contributed by atoms with Crippen LogP contribution in [0.1, 0.15) is 40.5 Å². The molecule has 4 heteroatoms. The van der Waals surface area contributed by atoms with Crippen LogP contribution in [0.4, 0.5) is 5.69 Å². The molecule has 0 bridgehead atoms. The van der Waals surface area contributed by atoms with Crippen LogP contribution >= 0.6 is 0 Å². The van der Waals surface area contributed by atoms with Gasteiger partial charge in [-0.3, -0.25) is 9.59 Å². The molecule has 2 amide bonds. The smallest absolute Gasteiger partial charge is 0.255 e. The topological polar surface area (TPSA) is 58.2 Å². The molecule has 0 saturated carbocycles. The first-order chi connectivity index (χ1) is 10.7. The lowest BCUT2D eigenvalue weighted by molar-refractivity contribution is 0.0951. The third-order valence-corrected chi connectivity index (χ3v) is 3.26. The normalized spacial score (nSPS) is 10.0. The second-order valence-electron chi connectivity index (χ2n) is 5.01. The van der Waals surface area contributed by atoms with Crippen LogP contribution < -0.4 is 10.6 Å². The molecule has 2 rings (SSSR count). The molecule has 0 aliphatic heterocycles. The van der Waals surface area contributed by atoms with Gasteiger partial charge in [0.2, 0.25) is 0 Å². The summed E-state index contributed by atoms with van der Waals surface area (Å²) in [6.45, 7) is 2.75. The molecule has 0 aliphatic rings. The van der Waals surface area contributed by atoms with Crippen molar-refractivity contribution in [2.75, 3.05) is 11.9 Å². The lowest BCUT2D eigenvalue weighted by atomic mass is 10.1. The predicted octanol–water partition coefficient (Wildman–Crippen LogP) is 3.47. The van der Waals surface area contributed by atoms with Crippen molar-refractivity contribution >= 4 is 17.5 Å². The van der Waals surface area contributed by atoms with E-state index in [-0.39, 0.29) is 11.8 Å². The summed E-state index contributed by atoms with van der Waals surface area (Å²) in [5, 5.41) is 5.66. The minimum atomic E-state index is -0.191. The quantitative estimate of drug-likeness (QED) is 0.802. The summed E-state index contributed by atoms with van der Waals surface area (Å²) >= 11 is 0. The van der Waals surface area contributed by atoms with E-state index in [2.05, 4.69) is 17.6 Å². The molecule has 0 radical (unpaired) electrons. The van der Waals surface area contributed by atoms with Gasteiger partial charge in [0.25, 0.3) is 11.8 Å². The summed E-state index contributed by atoms with van der Waals surface area (Å²) in [6, 6.07) is 15.9. The number of hydrogen-bond donors (Lipinski definition) is 2. The van der Waals surface area contributed by atoms with E-state index < -0.39 is 0 Å². The van der Waals surface area contributed by atoms with Gasteiger partial charge in [0.15, 0.2) is 0 Å². The van der Waals surface area contributed by atoms with Gasteiger partial charge in [-0.25, -0.2) is 0 Å². The standard InChI is InChI=1S/C18H20N2O2/c1-2-3-13-19-17(21)14-9-11-15(12-10-14)18(22)20-16-7-5-4-6-8-16/h4-12H,2-3,13H2,1H3,(H,19,21)(H,20,22). The molecule has 2 N–H and O–H groups in total. The molecule has 4 nitrogen and oxygen atoms in total. The monoisotopic (exact) mass is 296 g/mol. The lowest BCUT2D eigenvalue weighted by Gasteiger charge is -2.07. The third kappa shape index (κ3) is 4.45. The molecule has 0 aromatic heterocycles. The van der Waals surface area contributed by atoms with Gasteiger partial charge in [0.05, 0.1) is 0 Å². The zero-order valence-electron chi connectivity index (χ0n) is 12.6. The largest absolute Gasteiger partial charge is 0.352 e. The maximum Gasteiger partial charge on any atom is 0.255 e. The average Bonchev–Trinajstić information content (AvgIpc) is 2.56. The molecular weight excluding hydrogens is 276 g/mol. The van der Waals surface area contributed by atoms with Gasteiger partial charge in [-0.05, 0) is 42.8 Å². The van der Waals surface area contributed by atoms with E-state index in [1.165, 1.54) is 0 Å². The van der Waals surface area contributed by atoms with E-state index in [1.54, 1.807) is 24.3 Å². The number of amides is 2. The maximum atomic E-state index is 12.1. The Kier molecular flexibility index (Phi) is 5.72. The molecule has 0 saturated heterocycles. The Labute approximate surface area is 130 Å². The predicted molar refractivity (Wildman–Crippen MR) is 88.1 cm³/mol. The Morgan fingerprint density at radius 3 is 2.05 bits per heavy atom. The summed E-state index contributed by atoms with van der Waals surface area (Å²) < 4.78 is 0. The molecular formula is C18H20N2O2. The van der Waals surface area contributed by atoms with E-state index in [4.69, 9.17) is 0 Å². The summed E-state index contributed by atoms with van der Waals surface area (Å²) in [7, 11) is 0. The zero-order valence-corrected chi connectivity index (χ0v) is 12.6. The molecule has 0 heterocycles. The highest BCUT2D eigenvalue weighted by Crippen LogP contribution is 2.10. The number of rotatable bonds is 6. The highest BCUT2D eigenvalue weighted by atomic mass is 16.2. The van der Waals surface area contributed by atoms with Crippen LogP contribution in [-0.4, -0.2) is 18.4 Å². The van der Waals surface area contributed by atoms with Gasteiger partial charge in [0, 0.05) is 23.4 Å². The van der Waals surface area contributed by atoms with Crippen LogP contribution in [0.25, 0.3) is 0 Å². The van der Waals surface area contributed by atoms with Crippen molar-refractivity contribution in [3.63, 3.8) is 0 Å². The summed E-state index contributed by atoms with van der Waals surface area (Å²) in [4.78, 5) is 24.0. The summed E-state index contributed by atoms with van der Waals surface area (Å²) in [5.41, 5.74) is 1.83. The van der Waals surface area contributed by atoms with Crippen LogP contribution in [0.2, 0.25) is 0 Å². The minimum Gasteiger partial charge on any atom is -0.352 e. The number of hydrogen-bond acceptors (Lipinski definition) is 2. The van der Waals surface area contributed by atoms with Crippen molar-refractivity contribution in [3.05, 3.63) is 65.7 Å². The molecule has 0 aliphatic carbocycles. The van der Waals surface area contributed by atoms with Gasteiger partial charge in [-0.2, -0.15) is 0 Å². The molecule has 0 fully saturated rings. The van der Waals surface area contributed by atoms with Crippen molar-refractivity contribution in [2.45, 2.75) is 19.8 Å². The first-order valence-corrected chi connectivity index (χ1v) is 7.45. The second-order valence-corrected chi connectivity index (χ2v) is 5.01. The number of para-hydroxylation sites is 1. The number of carbonyl (C=O) groups is 2. The van der Waals surface area contributed by atoms with Gasteiger partial charge < -0.3 is 10.6 Å². The van der Waals surface area contributed by atoms with Gasteiger partial charge in [-0.15, -0.1) is 0 Å². The van der Waals surface area contributed by atoms with Crippen molar-refractivity contribution in [2.24, 2.45) is 0 Å². The Bertz CT molecular complexity index is 621. The molecule has 0 spiro atoms. The average molecular weight is 296 g/mol. The van der Waals surface area contributed by atoms with E-state index in [1.807, 2.05) is 30.3 Å². The first-order valence-electron chi connectivity index (χ1n) is 7.45. The molecule has 114 valence electrons. The number of benzene rings is 2. The van der Waals surface area contributed by atoms with E-state index in [0.29, 0.717) is 17.7 Å². The van der Waals surface area contributed by atoms with E-state index >= 15 is 0 Å². The highest BCUT2D eigenvalue weighted by Gasteiger charge is 2.08. The zero-order chi connectivity index (χ0) is 15.8. The minimum absolute atomic E-state index is 0.108. The lowest BCUT2D eigenvalue weighted by Crippen LogP contribution is -2.24. The van der Waals surface area contributed by atoms with Gasteiger partial charge in [0.1, 0.15) is 0 Å². The number of unbranched alkanes of at least 4 members (excludes halogenated alkanes) is 1. The number of nitrogens with one attached hydrogen (secondary N) is 2. The molecule has 2 aromatic carbocycles. The van der Waals surface area contributed by atoms with Crippen LogP contribution in [0.15, 0.2) is 54.6 Å². The third-order valence-electron chi connectivity index (χ3n) is 3.26. The molecule has 0 atom stereocenters. The van der Waals surface area contributed by atoms with Crippen molar-refractivity contribution in [1.29, 1.82) is 0 Å². The fraction of sp³-hybridized carbons (Fsp3) is 0.222. The summed E-state index contributed by atoms with van der Waals surface area (Å²) in [5.74, 6) is -0.299. The Balaban J connectivity index is 1.96. The maximum absolute atomic E-state index is 12.1. The van der Waals surface area contributed by atoms with E-state index in [0.717, 1.165) is 18.5 Å². The fourth-order valence-electron chi connectivity index (χ4n) is 1.98. The first kappa shape index (κ1) is 15.8. The number of anilines is 1. The van der Waals surface area contributed by atoms with Gasteiger partial charge >= 0.3 is 0 Å². The van der Waals surface area contributed by atoms with Crippen LogP contribution in [0, 0.1) is 0 Å². The van der Waals surface area contributed by atoms with Crippen LogP contribution in [-0.2, 0) is 0 Å².